The van der Waals surface area contributed by atoms with Crippen molar-refractivity contribution in [3.05, 3.63) is 113 Å². The Labute approximate surface area is 162 Å². The lowest BCUT2D eigenvalue weighted by Gasteiger charge is -2.33. The van der Waals surface area contributed by atoms with E-state index in [0.29, 0.717) is 21.8 Å². The number of nitrogens with zero attached hydrogens (tertiary/aromatic N) is 1. The highest BCUT2D eigenvalue weighted by Crippen LogP contribution is 2.36. The van der Waals surface area contributed by atoms with Crippen LogP contribution in [0.2, 0.25) is 5.02 Å². The van der Waals surface area contributed by atoms with Crippen LogP contribution in [0.25, 0.3) is 5.70 Å². The zero-order valence-corrected chi connectivity index (χ0v) is 15.1. The molecule has 134 valence electrons. The molecule has 27 heavy (non-hydrogen) atoms. The number of carbonyl (C=O) groups is 1. The van der Waals surface area contributed by atoms with Gasteiger partial charge in [0.25, 0.3) is 5.91 Å². The van der Waals surface area contributed by atoms with Gasteiger partial charge < -0.3 is 5.11 Å². The molecule has 1 aliphatic rings. The molecule has 1 atom stereocenters. The predicted octanol–water partition coefficient (Wildman–Crippen LogP) is 4.19. The molecular formula is C22H17ClN2O2. The van der Waals surface area contributed by atoms with Gasteiger partial charge in [-0.25, -0.2) is 5.01 Å². The van der Waals surface area contributed by atoms with Gasteiger partial charge >= 0.3 is 0 Å². The molecule has 1 amide bonds. The van der Waals surface area contributed by atoms with E-state index in [1.807, 2.05) is 48.5 Å². The molecule has 0 fully saturated rings. The number of amides is 1. The molecule has 0 saturated heterocycles. The molecule has 1 aliphatic heterocycles. The predicted molar refractivity (Wildman–Crippen MR) is 106 cm³/mol. The topological polar surface area (TPSA) is 52.6 Å². The lowest BCUT2D eigenvalue weighted by molar-refractivity contribution is -0.0592. The van der Waals surface area contributed by atoms with Gasteiger partial charge in [0.1, 0.15) is 0 Å². The second-order valence-corrected chi connectivity index (χ2v) is 6.71. The van der Waals surface area contributed by atoms with E-state index in [1.54, 1.807) is 42.5 Å². The minimum Gasteiger partial charge on any atom is -0.362 e. The van der Waals surface area contributed by atoms with Crippen molar-refractivity contribution in [1.82, 2.24) is 10.4 Å². The van der Waals surface area contributed by atoms with Gasteiger partial charge in [-0.15, -0.1) is 0 Å². The van der Waals surface area contributed by atoms with Crippen molar-refractivity contribution in [2.75, 3.05) is 0 Å². The van der Waals surface area contributed by atoms with Crippen LogP contribution in [0.3, 0.4) is 0 Å². The first-order valence-electron chi connectivity index (χ1n) is 8.51. The summed E-state index contributed by atoms with van der Waals surface area (Å²) in [5, 5.41) is 13.3. The maximum Gasteiger partial charge on any atom is 0.275 e. The number of hydrogen-bond donors (Lipinski definition) is 2. The van der Waals surface area contributed by atoms with Gasteiger partial charge in [-0.1, -0.05) is 72.3 Å². The summed E-state index contributed by atoms with van der Waals surface area (Å²) in [5.74, 6) is -0.361. The number of benzene rings is 3. The Kier molecular flexibility index (Phi) is 4.44. The molecule has 3 aromatic rings. The maximum absolute atomic E-state index is 13.2. The molecule has 4 rings (SSSR count). The average Bonchev–Trinajstić information content (AvgIpc) is 3.08. The van der Waals surface area contributed by atoms with Gasteiger partial charge in [-0.3, -0.25) is 10.2 Å². The summed E-state index contributed by atoms with van der Waals surface area (Å²) in [7, 11) is 0. The van der Waals surface area contributed by atoms with Gasteiger partial charge in [-0.05, 0) is 35.9 Å². The zero-order valence-electron chi connectivity index (χ0n) is 14.3. The Morgan fingerprint density at radius 1 is 0.889 bits per heavy atom. The third-order valence-corrected chi connectivity index (χ3v) is 4.75. The first-order chi connectivity index (χ1) is 13.1. The summed E-state index contributed by atoms with van der Waals surface area (Å²) in [6, 6.07) is 25.2. The summed E-state index contributed by atoms with van der Waals surface area (Å²) >= 11 is 5.93. The van der Waals surface area contributed by atoms with E-state index in [2.05, 4.69) is 5.43 Å². The minimum atomic E-state index is -1.62. The van der Waals surface area contributed by atoms with Gasteiger partial charge in [0.15, 0.2) is 0 Å². The maximum atomic E-state index is 13.2. The van der Waals surface area contributed by atoms with Crippen molar-refractivity contribution in [3.8, 4) is 0 Å². The molecule has 0 bridgehead atoms. The van der Waals surface area contributed by atoms with Crippen LogP contribution in [0.5, 0.6) is 0 Å². The summed E-state index contributed by atoms with van der Waals surface area (Å²) in [4.78, 5) is 13.2. The second kappa shape index (κ2) is 6.91. The Bertz CT molecular complexity index is 988. The van der Waals surface area contributed by atoms with E-state index in [0.717, 1.165) is 5.56 Å². The molecule has 0 radical (unpaired) electrons. The van der Waals surface area contributed by atoms with Crippen molar-refractivity contribution in [2.45, 2.75) is 5.72 Å². The zero-order chi connectivity index (χ0) is 18.9. The Morgan fingerprint density at radius 3 is 2.11 bits per heavy atom. The fourth-order valence-corrected chi connectivity index (χ4v) is 3.22. The van der Waals surface area contributed by atoms with Crippen molar-refractivity contribution in [3.63, 3.8) is 0 Å². The molecule has 0 spiro atoms. The number of nitrogens with one attached hydrogen (secondary N) is 1. The monoisotopic (exact) mass is 376 g/mol. The average molecular weight is 377 g/mol. The number of halogens is 1. The highest BCUT2D eigenvalue weighted by Gasteiger charge is 2.44. The Morgan fingerprint density at radius 2 is 1.48 bits per heavy atom. The van der Waals surface area contributed by atoms with Gasteiger partial charge in [0.05, 0.1) is 5.70 Å². The highest BCUT2D eigenvalue weighted by molar-refractivity contribution is 6.30. The normalized spacial score (nSPS) is 18.7. The second-order valence-electron chi connectivity index (χ2n) is 6.28. The van der Waals surface area contributed by atoms with E-state index in [9.17, 15) is 9.90 Å². The molecule has 0 saturated carbocycles. The molecule has 0 aliphatic carbocycles. The molecule has 2 N–H and O–H groups in total. The van der Waals surface area contributed by atoms with Crippen molar-refractivity contribution in [2.24, 2.45) is 0 Å². The summed E-state index contributed by atoms with van der Waals surface area (Å²) in [6.07, 6.45) is 1.66. The van der Waals surface area contributed by atoms with Crippen molar-refractivity contribution < 1.29 is 9.90 Å². The molecule has 5 heteroatoms. The van der Waals surface area contributed by atoms with Gasteiger partial charge in [0, 0.05) is 16.1 Å². The van der Waals surface area contributed by atoms with Crippen LogP contribution in [-0.4, -0.2) is 16.0 Å². The fourth-order valence-electron chi connectivity index (χ4n) is 3.09. The largest absolute Gasteiger partial charge is 0.362 e. The smallest absolute Gasteiger partial charge is 0.275 e. The lowest BCUT2D eigenvalue weighted by atomic mass is 10.00. The van der Waals surface area contributed by atoms with Crippen LogP contribution in [0.1, 0.15) is 21.5 Å². The van der Waals surface area contributed by atoms with E-state index in [1.165, 1.54) is 5.01 Å². The first-order valence-corrected chi connectivity index (χ1v) is 8.89. The molecule has 3 aromatic carbocycles. The third-order valence-electron chi connectivity index (χ3n) is 4.50. The van der Waals surface area contributed by atoms with Crippen LogP contribution in [0, 0.1) is 0 Å². The third kappa shape index (κ3) is 3.21. The van der Waals surface area contributed by atoms with Crippen LogP contribution in [-0.2, 0) is 5.72 Å². The quantitative estimate of drug-likeness (QED) is 0.720. The SMILES string of the molecule is O=C(c1ccc(Cl)cc1)N1NC(c2ccccc2)=CC1(O)c1ccccc1. The van der Waals surface area contributed by atoms with E-state index in [4.69, 9.17) is 11.6 Å². The standard InChI is InChI=1S/C22H17ClN2O2/c23-19-13-11-17(12-14-19)21(26)25-22(27,18-9-5-2-6-10-18)15-20(24-25)16-7-3-1-4-8-16/h1-15,24,27H. The Hall–Kier alpha value is -3.08. The van der Waals surface area contributed by atoms with Crippen LogP contribution in [0.15, 0.2) is 91.0 Å². The van der Waals surface area contributed by atoms with E-state index < -0.39 is 5.72 Å². The number of rotatable bonds is 3. The Balaban J connectivity index is 1.78. The number of hydrogen-bond acceptors (Lipinski definition) is 3. The number of aliphatic hydroxyl groups is 1. The summed E-state index contributed by atoms with van der Waals surface area (Å²) in [5.41, 5.74) is 3.99. The molecule has 1 unspecified atom stereocenters. The number of hydrazine groups is 1. The van der Waals surface area contributed by atoms with Crippen molar-refractivity contribution in [1.29, 1.82) is 0 Å². The summed E-state index contributed by atoms with van der Waals surface area (Å²) < 4.78 is 0. The highest BCUT2D eigenvalue weighted by atomic mass is 35.5. The fraction of sp³-hybridized carbons (Fsp3) is 0.0455. The van der Waals surface area contributed by atoms with E-state index in [-0.39, 0.29) is 5.91 Å². The van der Waals surface area contributed by atoms with Crippen molar-refractivity contribution >= 4 is 23.2 Å². The first kappa shape index (κ1) is 17.3. The minimum absolute atomic E-state index is 0.361. The molecule has 1 heterocycles. The summed E-state index contributed by atoms with van der Waals surface area (Å²) in [6.45, 7) is 0. The molecule has 0 aromatic heterocycles. The van der Waals surface area contributed by atoms with E-state index >= 15 is 0 Å². The van der Waals surface area contributed by atoms with Crippen LogP contribution in [0.4, 0.5) is 0 Å². The van der Waals surface area contributed by atoms with Crippen LogP contribution >= 0.6 is 11.6 Å². The number of carbonyl (C=O) groups excluding carboxylic acids is 1. The lowest BCUT2D eigenvalue weighted by Crippen LogP contribution is -2.50. The van der Waals surface area contributed by atoms with Gasteiger partial charge in [-0.2, -0.15) is 0 Å². The molecular weight excluding hydrogens is 360 g/mol. The van der Waals surface area contributed by atoms with Crippen LogP contribution < -0.4 is 5.43 Å². The van der Waals surface area contributed by atoms with Gasteiger partial charge in [0.2, 0.25) is 5.72 Å². The molecule has 4 nitrogen and oxygen atoms in total.